The lowest BCUT2D eigenvalue weighted by Gasteiger charge is -2.19. The maximum atomic E-state index is 12.6. The van der Waals surface area contributed by atoms with Gasteiger partial charge in [-0.1, -0.05) is 47.5 Å². The molecule has 2 aliphatic rings. The minimum atomic E-state index is -0.845. The number of carbonyl (C=O) groups excluding carboxylic acids is 2. The molecule has 3 amide bonds. The van der Waals surface area contributed by atoms with Crippen molar-refractivity contribution in [2.24, 2.45) is 5.73 Å². The van der Waals surface area contributed by atoms with E-state index in [-0.39, 0.29) is 12.8 Å². The molecule has 7 nitrogen and oxygen atoms in total. The van der Waals surface area contributed by atoms with Crippen LogP contribution in [-0.2, 0) is 6.42 Å². The zero-order valence-electron chi connectivity index (χ0n) is 23.1. The third-order valence-corrected chi connectivity index (χ3v) is 8.20. The summed E-state index contributed by atoms with van der Waals surface area (Å²) in [4.78, 5) is 25.9. The topological polar surface area (TPSA) is 96.7 Å². The normalized spacial score (nSPS) is 17.0. The number of benzene rings is 3. The lowest BCUT2D eigenvalue weighted by Crippen LogP contribution is -2.44. The Balaban J connectivity index is 1.49. The molecule has 1 heterocycles. The van der Waals surface area contributed by atoms with Gasteiger partial charge in [-0.2, -0.15) is 0 Å². The number of aryl methyl sites for hydroxylation is 1. The van der Waals surface area contributed by atoms with Crippen LogP contribution < -0.4 is 21.3 Å². The van der Waals surface area contributed by atoms with Crippen molar-refractivity contribution in [2.45, 2.75) is 38.2 Å². The first-order valence-corrected chi connectivity index (χ1v) is 14.8. The molecule has 5 rings (SSSR count). The summed E-state index contributed by atoms with van der Waals surface area (Å²) >= 11 is 13.0. The molecule has 10 heteroatoms. The minimum Gasteiger partial charge on any atom is -0.489 e. The number of nitrogens with one attached hydrogen (secondary N) is 2. The highest BCUT2D eigenvalue weighted by atomic mass is 35.5. The van der Waals surface area contributed by atoms with Crippen LogP contribution in [0.15, 0.2) is 60.7 Å². The standard InChI is InChI=1S/C32H33Cl2FN4O3/c33-23-8-12-27(29(34)18-23)28-4-1-3-21-17-22(31(40)37-38-32(36)41)7-11-26(21)30(28)20-5-9-24(10-6-20)42-25-13-16-39(19-25)15-2-14-35/h5-12,17-18,25H,1-4,13-16,19H2,(H,37,40)(H3,36,38,41). The van der Waals surface area contributed by atoms with Crippen molar-refractivity contribution in [3.63, 3.8) is 0 Å². The van der Waals surface area contributed by atoms with Crippen molar-refractivity contribution in [1.82, 2.24) is 15.8 Å². The van der Waals surface area contributed by atoms with E-state index >= 15 is 0 Å². The van der Waals surface area contributed by atoms with Crippen LogP contribution in [0.5, 0.6) is 5.75 Å². The molecule has 1 atom stereocenters. The van der Waals surface area contributed by atoms with E-state index in [4.69, 9.17) is 33.7 Å². The maximum Gasteiger partial charge on any atom is 0.330 e. The predicted molar refractivity (Wildman–Crippen MR) is 164 cm³/mol. The van der Waals surface area contributed by atoms with Gasteiger partial charge in [0, 0.05) is 35.2 Å². The molecule has 42 heavy (non-hydrogen) atoms. The number of halogens is 3. The summed E-state index contributed by atoms with van der Waals surface area (Å²) < 4.78 is 18.9. The molecule has 0 bridgehead atoms. The number of likely N-dealkylation sites (tertiary alicyclic amines) is 1. The quantitative estimate of drug-likeness (QED) is 0.257. The Bertz CT molecular complexity index is 1500. The molecule has 3 aromatic rings. The molecule has 1 aliphatic carbocycles. The number of primary amides is 1. The van der Waals surface area contributed by atoms with E-state index in [0.29, 0.717) is 22.0 Å². The number of ether oxygens (including phenoxy) is 1. The Morgan fingerprint density at radius 3 is 2.52 bits per heavy atom. The van der Waals surface area contributed by atoms with Crippen molar-refractivity contribution < 1.29 is 18.7 Å². The molecule has 1 aliphatic heterocycles. The van der Waals surface area contributed by atoms with E-state index in [2.05, 4.69) is 27.9 Å². The Labute approximate surface area is 254 Å². The SMILES string of the molecule is NC(=O)NNC(=O)c1ccc2c(c1)CCCC(c1ccc(Cl)cc1Cl)=C2c1ccc(OC2CCN(CCCF)C2)cc1. The van der Waals surface area contributed by atoms with Gasteiger partial charge in [-0.05, 0) is 102 Å². The fourth-order valence-corrected chi connectivity index (χ4v) is 6.25. The van der Waals surface area contributed by atoms with Crippen molar-refractivity contribution in [3.8, 4) is 5.75 Å². The number of hydrogen-bond acceptors (Lipinski definition) is 4. The molecule has 1 fully saturated rings. The summed E-state index contributed by atoms with van der Waals surface area (Å²) in [5.41, 5.74) is 16.0. The van der Waals surface area contributed by atoms with E-state index in [1.54, 1.807) is 12.1 Å². The number of carbonyl (C=O) groups is 2. The van der Waals surface area contributed by atoms with Crippen LogP contribution in [0.4, 0.5) is 9.18 Å². The summed E-state index contributed by atoms with van der Waals surface area (Å²) in [6.07, 6.45) is 3.90. The number of rotatable bonds is 8. The van der Waals surface area contributed by atoms with Crippen molar-refractivity contribution in [3.05, 3.63) is 98.5 Å². The predicted octanol–water partition coefficient (Wildman–Crippen LogP) is 6.41. The Morgan fingerprint density at radius 1 is 1.00 bits per heavy atom. The van der Waals surface area contributed by atoms with Crippen molar-refractivity contribution >= 4 is 46.3 Å². The number of urea groups is 1. The fourth-order valence-electron chi connectivity index (χ4n) is 5.73. The van der Waals surface area contributed by atoms with E-state index in [1.807, 2.05) is 36.4 Å². The number of allylic oxidation sites excluding steroid dienone is 1. The van der Waals surface area contributed by atoms with Gasteiger partial charge in [-0.15, -0.1) is 0 Å². The number of nitrogens with two attached hydrogens (primary N) is 1. The van der Waals surface area contributed by atoms with Gasteiger partial charge in [0.05, 0.1) is 6.67 Å². The van der Waals surface area contributed by atoms with Crippen LogP contribution in [0, 0.1) is 0 Å². The second kappa shape index (κ2) is 13.6. The minimum absolute atomic E-state index is 0.0744. The molecule has 1 unspecified atom stereocenters. The second-order valence-corrected chi connectivity index (χ2v) is 11.4. The molecule has 0 saturated carbocycles. The third kappa shape index (κ3) is 7.06. The van der Waals surface area contributed by atoms with E-state index < -0.39 is 11.9 Å². The van der Waals surface area contributed by atoms with Crippen LogP contribution in [-0.4, -0.2) is 49.3 Å². The smallest absolute Gasteiger partial charge is 0.330 e. The zero-order valence-corrected chi connectivity index (χ0v) is 24.6. The first-order valence-electron chi connectivity index (χ1n) is 14.1. The summed E-state index contributed by atoms with van der Waals surface area (Å²) in [5, 5.41) is 1.14. The number of hydrogen-bond donors (Lipinski definition) is 3. The van der Waals surface area contributed by atoms with Gasteiger partial charge in [0.25, 0.3) is 5.91 Å². The average molecular weight is 612 g/mol. The average Bonchev–Trinajstić information content (AvgIpc) is 3.33. The second-order valence-electron chi connectivity index (χ2n) is 10.5. The van der Waals surface area contributed by atoms with Gasteiger partial charge < -0.3 is 10.5 Å². The molecule has 0 aromatic heterocycles. The van der Waals surface area contributed by atoms with Crippen LogP contribution in [0.2, 0.25) is 10.0 Å². The maximum absolute atomic E-state index is 12.6. The molecule has 3 aromatic carbocycles. The first kappa shape index (κ1) is 29.9. The summed E-state index contributed by atoms with van der Waals surface area (Å²) in [6, 6.07) is 18.3. The van der Waals surface area contributed by atoms with Gasteiger partial charge in [-0.25, -0.2) is 10.2 Å². The van der Waals surface area contributed by atoms with E-state index in [1.165, 1.54) is 0 Å². The summed E-state index contributed by atoms with van der Waals surface area (Å²) in [5.74, 6) is 0.328. The fraction of sp³-hybridized carbons (Fsp3) is 0.312. The highest BCUT2D eigenvalue weighted by Gasteiger charge is 2.25. The van der Waals surface area contributed by atoms with Crippen LogP contribution in [0.3, 0.4) is 0 Å². The largest absolute Gasteiger partial charge is 0.489 e. The highest BCUT2D eigenvalue weighted by molar-refractivity contribution is 6.36. The Morgan fingerprint density at radius 2 is 1.79 bits per heavy atom. The molecule has 220 valence electrons. The number of alkyl halides is 1. The molecule has 1 saturated heterocycles. The highest BCUT2D eigenvalue weighted by Crippen LogP contribution is 2.42. The number of hydrazine groups is 1. The number of amides is 3. The van der Waals surface area contributed by atoms with Gasteiger partial charge in [0.2, 0.25) is 0 Å². The Kier molecular flexibility index (Phi) is 9.67. The van der Waals surface area contributed by atoms with Gasteiger partial charge >= 0.3 is 6.03 Å². The molecular weight excluding hydrogens is 578 g/mol. The molecule has 0 spiro atoms. The Hall–Kier alpha value is -3.59. The summed E-state index contributed by atoms with van der Waals surface area (Å²) in [7, 11) is 0. The van der Waals surface area contributed by atoms with E-state index in [0.717, 1.165) is 84.5 Å². The van der Waals surface area contributed by atoms with Crippen molar-refractivity contribution in [2.75, 3.05) is 26.3 Å². The van der Waals surface area contributed by atoms with Crippen molar-refractivity contribution in [1.29, 1.82) is 0 Å². The number of fused-ring (bicyclic) bond motifs is 1. The first-order chi connectivity index (χ1) is 20.3. The molecular formula is C32H33Cl2FN4O3. The number of nitrogens with zero attached hydrogens (tertiary/aromatic N) is 1. The lowest BCUT2D eigenvalue weighted by molar-refractivity contribution is 0.0937. The molecule has 0 radical (unpaired) electrons. The summed E-state index contributed by atoms with van der Waals surface area (Å²) in [6.45, 7) is 2.16. The monoisotopic (exact) mass is 610 g/mol. The lowest BCUT2D eigenvalue weighted by atomic mass is 9.87. The van der Waals surface area contributed by atoms with E-state index in [9.17, 15) is 14.0 Å². The van der Waals surface area contributed by atoms with Gasteiger partial charge in [0.15, 0.2) is 0 Å². The zero-order chi connectivity index (χ0) is 29.6. The third-order valence-electron chi connectivity index (χ3n) is 7.65. The van der Waals surface area contributed by atoms with Gasteiger partial charge in [-0.3, -0.25) is 19.5 Å². The van der Waals surface area contributed by atoms with Crippen LogP contribution in [0.25, 0.3) is 11.1 Å². The van der Waals surface area contributed by atoms with Crippen LogP contribution >= 0.6 is 23.2 Å². The van der Waals surface area contributed by atoms with Gasteiger partial charge in [0.1, 0.15) is 11.9 Å². The molecule has 4 N–H and O–H groups in total. The van der Waals surface area contributed by atoms with Crippen LogP contribution in [0.1, 0.15) is 58.3 Å².